The number of carbonyl (C=O) groups excluding carboxylic acids is 1. The van der Waals surface area contributed by atoms with E-state index in [1.807, 2.05) is 23.1 Å². The topological polar surface area (TPSA) is 57.6 Å². The fourth-order valence-electron chi connectivity index (χ4n) is 3.33. The lowest BCUT2D eigenvalue weighted by atomic mass is 9.91. The third kappa shape index (κ3) is 3.82. The van der Waals surface area contributed by atoms with Crippen LogP contribution in [-0.2, 0) is 6.42 Å². The minimum atomic E-state index is -1.01. The van der Waals surface area contributed by atoms with Gasteiger partial charge in [0, 0.05) is 18.7 Å². The monoisotopic (exact) mass is 323 g/mol. The molecule has 1 saturated heterocycles. The molecule has 3 rings (SSSR count). The number of piperidine rings is 1. The van der Waals surface area contributed by atoms with Gasteiger partial charge in [-0.05, 0) is 48.9 Å². The van der Waals surface area contributed by atoms with E-state index >= 15 is 0 Å². The number of amides is 1. The van der Waals surface area contributed by atoms with Crippen LogP contribution in [0.2, 0.25) is 0 Å². The lowest BCUT2D eigenvalue weighted by Gasteiger charge is -2.33. The van der Waals surface area contributed by atoms with Gasteiger partial charge in [-0.1, -0.05) is 36.4 Å². The standard InChI is InChI=1S/C20H21NO3/c22-19(17-9-4-10-18(13-17)20(23)24)21-11-5-8-16(14-21)12-15-6-2-1-3-7-15/h1-4,6-7,9-10,13,16H,5,8,11-12,14H2,(H,23,24). The molecule has 1 aliphatic rings. The van der Waals surface area contributed by atoms with Crippen molar-refractivity contribution in [3.05, 3.63) is 71.3 Å². The quantitative estimate of drug-likeness (QED) is 0.937. The Labute approximate surface area is 141 Å². The predicted molar refractivity (Wildman–Crippen MR) is 92.2 cm³/mol. The van der Waals surface area contributed by atoms with Crippen LogP contribution in [0.1, 0.15) is 39.1 Å². The van der Waals surface area contributed by atoms with Gasteiger partial charge in [-0.3, -0.25) is 4.79 Å². The van der Waals surface area contributed by atoms with E-state index in [0.29, 0.717) is 11.5 Å². The van der Waals surface area contributed by atoms with Crippen LogP contribution in [0.4, 0.5) is 0 Å². The Bertz CT molecular complexity index is 727. The van der Waals surface area contributed by atoms with Crippen LogP contribution in [0.25, 0.3) is 0 Å². The number of aromatic carboxylic acids is 1. The molecular weight excluding hydrogens is 302 g/mol. The third-order valence-corrected chi connectivity index (χ3v) is 4.53. The Hall–Kier alpha value is -2.62. The third-order valence-electron chi connectivity index (χ3n) is 4.53. The number of rotatable bonds is 4. The van der Waals surface area contributed by atoms with E-state index in [4.69, 9.17) is 5.11 Å². The Balaban J connectivity index is 1.69. The van der Waals surface area contributed by atoms with Crippen LogP contribution in [0.5, 0.6) is 0 Å². The van der Waals surface area contributed by atoms with Gasteiger partial charge in [0.1, 0.15) is 0 Å². The Morgan fingerprint density at radius 3 is 2.54 bits per heavy atom. The van der Waals surface area contributed by atoms with E-state index in [-0.39, 0.29) is 11.5 Å². The SMILES string of the molecule is O=C(O)c1cccc(C(=O)N2CCCC(Cc3ccccc3)C2)c1. The highest BCUT2D eigenvalue weighted by Gasteiger charge is 2.25. The first-order valence-corrected chi connectivity index (χ1v) is 8.30. The zero-order chi connectivity index (χ0) is 16.9. The molecule has 0 aliphatic carbocycles. The van der Waals surface area contributed by atoms with Crippen molar-refractivity contribution in [3.8, 4) is 0 Å². The number of carboxylic acid groups (broad SMARTS) is 1. The Morgan fingerprint density at radius 1 is 1.04 bits per heavy atom. The van der Waals surface area contributed by atoms with Crippen molar-refractivity contribution in [3.63, 3.8) is 0 Å². The maximum absolute atomic E-state index is 12.7. The fraction of sp³-hybridized carbons (Fsp3) is 0.300. The van der Waals surface area contributed by atoms with Crippen LogP contribution < -0.4 is 0 Å². The van der Waals surface area contributed by atoms with E-state index in [1.54, 1.807) is 12.1 Å². The second-order valence-electron chi connectivity index (χ2n) is 6.34. The molecule has 24 heavy (non-hydrogen) atoms. The summed E-state index contributed by atoms with van der Waals surface area (Å²) in [6.07, 6.45) is 3.08. The van der Waals surface area contributed by atoms with Gasteiger partial charge in [0.05, 0.1) is 5.56 Å². The highest BCUT2D eigenvalue weighted by atomic mass is 16.4. The van der Waals surface area contributed by atoms with Gasteiger partial charge in [-0.25, -0.2) is 4.79 Å². The molecule has 0 radical (unpaired) electrons. The molecule has 4 heteroatoms. The van der Waals surface area contributed by atoms with Crippen molar-refractivity contribution in [2.45, 2.75) is 19.3 Å². The zero-order valence-corrected chi connectivity index (χ0v) is 13.5. The molecule has 1 amide bonds. The summed E-state index contributed by atoms with van der Waals surface area (Å²) in [5.41, 5.74) is 1.90. The summed E-state index contributed by atoms with van der Waals surface area (Å²) in [5.74, 6) is -0.631. The minimum absolute atomic E-state index is 0.0733. The molecule has 0 bridgehead atoms. The van der Waals surface area contributed by atoms with Crippen molar-refractivity contribution >= 4 is 11.9 Å². The number of hydrogen-bond donors (Lipinski definition) is 1. The summed E-state index contributed by atoms with van der Waals surface area (Å²) in [7, 11) is 0. The van der Waals surface area contributed by atoms with E-state index in [2.05, 4.69) is 12.1 Å². The molecule has 0 spiro atoms. The van der Waals surface area contributed by atoms with Crippen molar-refractivity contribution in [2.75, 3.05) is 13.1 Å². The molecule has 1 heterocycles. The molecule has 2 aromatic rings. The number of benzene rings is 2. The van der Waals surface area contributed by atoms with Gasteiger partial charge in [0.15, 0.2) is 0 Å². The van der Waals surface area contributed by atoms with Crippen molar-refractivity contribution < 1.29 is 14.7 Å². The number of carbonyl (C=O) groups is 2. The molecule has 1 unspecified atom stereocenters. The van der Waals surface area contributed by atoms with Crippen LogP contribution >= 0.6 is 0 Å². The van der Waals surface area contributed by atoms with Crippen molar-refractivity contribution in [2.24, 2.45) is 5.92 Å². The molecular formula is C20H21NO3. The lowest BCUT2D eigenvalue weighted by molar-refractivity contribution is 0.0673. The first-order valence-electron chi connectivity index (χ1n) is 8.30. The number of likely N-dealkylation sites (tertiary alicyclic amines) is 1. The van der Waals surface area contributed by atoms with Crippen LogP contribution in [0.3, 0.4) is 0 Å². The van der Waals surface area contributed by atoms with Gasteiger partial charge >= 0.3 is 5.97 Å². The number of carboxylic acids is 1. The van der Waals surface area contributed by atoms with E-state index in [1.165, 1.54) is 17.7 Å². The molecule has 4 nitrogen and oxygen atoms in total. The summed E-state index contributed by atoms with van der Waals surface area (Å²) in [6.45, 7) is 1.46. The summed E-state index contributed by atoms with van der Waals surface area (Å²) < 4.78 is 0. The zero-order valence-electron chi connectivity index (χ0n) is 13.5. The van der Waals surface area contributed by atoms with Gasteiger partial charge in [0.25, 0.3) is 5.91 Å². The van der Waals surface area contributed by atoms with Gasteiger partial charge in [0.2, 0.25) is 0 Å². The second-order valence-corrected chi connectivity index (χ2v) is 6.34. The summed E-state index contributed by atoms with van der Waals surface area (Å²) >= 11 is 0. The van der Waals surface area contributed by atoms with E-state index < -0.39 is 5.97 Å². The Morgan fingerprint density at radius 2 is 1.79 bits per heavy atom. The van der Waals surface area contributed by atoms with Crippen molar-refractivity contribution in [1.82, 2.24) is 4.90 Å². The first-order chi connectivity index (χ1) is 11.6. The predicted octanol–water partition coefficient (Wildman–Crippen LogP) is 3.48. The lowest BCUT2D eigenvalue weighted by Crippen LogP contribution is -2.40. The Kier molecular flexibility index (Phi) is 4.94. The normalized spacial score (nSPS) is 17.5. The molecule has 0 aromatic heterocycles. The van der Waals surface area contributed by atoms with E-state index in [0.717, 1.165) is 32.4 Å². The van der Waals surface area contributed by atoms with Gasteiger partial charge in [-0.15, -0.1) is 0 Å². The van der Waals surface area contributed by atoms with Crippen LogP contribution in [0.15, 0.2) is 54.6 Å². The van der Waals surface area contributed by atoms with E-state index in [9.17, 15) is 9.59 Å². The second kappa shape index (κ2) is 7.30. The molecule has 2 aromatic carbocycles. The molecule has 1 N–H and O–H groups in total. The van der Waals surface area contributed by atoms with Crippen molar-refractivity contribution in [1.29, 1.82) is 0 Å². The molecule has 124 valence electrons. The van der Waals surface area contributed by atoms with Gasteiger partial charge in [-0.2, -0.15) is 0 Å². The summed E-state index contributed by atoms with van der Waals surface area (Å²) in [4.78, 5) is 25.6. The van der Waals surface area contributed by atoms with Crippen LogP contribution in [-0.4, -0.2) is 35.0 Å². The number of nitrogens with zero attached hydrogens (tertiary/aromatic N) is 1. The summed E-state index contributed by atoms with van der Waals surface area (Å²) in [5, 5.41) is 9.08. The van der Waals surface area contributed by atoms with Gasteiger partial charge < -0.3 is 10.0 Å². The fourth-order valence-corrected chi connectivity index (χ4v) is 3.33. The highest BCUT2D eigenvalue weighted by molar-refractivity contribution is 5.97. The summed E-state index contributed by atoms with van der Waals surface area (Å²) in [6, 6.07) is 16.6. The maximum Gasteiger partial charge on any atom is 0.335 e. The molecule has 1 fully saturated rings. The molecule has 1 aliphatic heterocycles. The average Bonchev–Trinajstić information content (AvgIpc) is 2.62. The van der Waals surface area contributed by atoms with Crippen LogP contribution in [0, 0.1) is 5.92 Å². The number of hydrogen-bond acceptors (Lipinski definition) is 2. The minimum Gasteiger partial charge on any atom is -0.478 e. The molecule has 0 saturated carbocycles. The highest BCUT2D eigenvalue weighted by Crippen LogP contribution is 2.22. The first kappa shape index (κ1) is 16.2. The average molecular weight is 323 g/mol. The smallest absolute Gasteiger partial charge is 0.335 e. The molecule has 1 atom stereocenters. The largest absolute Gasteiger partial charge is 0.478 e. The maximum atomic E-state index is 12.7.